The number of benzene rings is 1. The molecule has 5 heteroatoms. The van der Waals surface area contributed by atoms with Gasteiger partial charge in [-0.15, -0.1) is 24.0 Å². The molecule has 1 aromatic carbocycles. The number of rotatable bonds is 6. The van der Waals surface area contributed by atoms with Crippen LogP contribution in [-0.2, 0) is 0 Å². The van der Waals surface area contributed by atoms with Crippen LogP contribution in [0.1, 0.15) is 35.5 Å². The second-order valence-corrected chi connectivity index (χ2v) is 4.88. The van der Waals surface area contributed by atoms with Crippen LogP contribution in [0, 0.1) is 0 Å². The van der Waals surface area contributed by atoms with E-state index in [1.165, 1.54) is 11.9 Å². The van der Waals surface area contributed by atoms with Crippen LogP contribution >= 0.6 is 24.0 Å². The quantitative estimate of drug-likeness (QED) is 0.698. The summed E-state index contributed by atoms with van der Waals surface area (Å²) in [6.07, 6.45) is 5.36. The van der Waals surface area contributed by atoms with Crippen molar-refractivity contribution in [2.75, 3.05) is 18.0 Å². The van der Waals surface area contributed by atoms with Crippen molar-refractivity contribution in [1.29, 1.82) is 0 Å². The number of carboxylic acids is 1. The zero-order valence-corrected chi connectivity index (χ0v) is 15.6. The Bertz CT molecular complexity index is 665. The predicted molar refractivity (Wildman–Crippen MR) is 106 cm³/mol. The van der Waals surface area contributed by atoms with Crippen molar-refractivity contribution >= 4 is 47.8 Å². The number of halogens is 1. The maximum atomic E-state index is 10.9. The molecule has 122 valence electrons. The Morgan fingerprint density at radius 3 is 2.26 bits per heavy atom. The highest BCUT2D eigenvalue weighted by atomic mass is 127. The van der Waals surface area contributed by atoms with E-state index in [0.29, 0.717) is 0 Å². The minimum absolute atomic E-state index is 0. The first kappa shape index (κ1) is 19.2. The fraction of sp³-hybridized carbons (Fsp3) is 0.222. The van der Waals surface area contributed by atoms with Gasteiger partial charge in [0.25, 0.3) is 0 Å². The molecule has 0 aliphatic carbocycles. The Hall–Kier alpha value is -1.89. The first-order chi connectivity index (χ1) is 10.6. The fourth-order valence-corrected chi connectivity index (χ4v) is 2.24. The van der Waals surface area contributed by atoms with Crippen LogP contribution in [0.2, 0.25) is 0 Å². The summed E-state index contributed by atoms with van der Waals surface area (Å²) in [5.74, 6) is -1.01. The third-order valence-electron chi connectivity index (χ3n) is 3.49. The summed E-state index contributed by atoms with van der Waals surface area (Å²) in [7, 11) is 0. The van der Waals surface area contributed by atoms with Gasteiger partial charge >= 0.3 is 5.97 Å². The van der Waals surface area contributed by atoms with Crippen molar-refractivity contribution in [2.24, 2.45) is 0 Å². The molecule has 0 bridgehead atoms. The Balaban J connectivity index is 0.00000264. The Labute approximate surface area is 153 Å². The lowest BCUT2D eigenvalue weighted by Crippen LogP contribution is -2.21. The van der Waals surface area contributed by atoms with E-state index >= 15 is 0 Å². The number of pyridine rings is 1. The second kappa shape index (κ2) is 9.29. The molecular weight excluding hydrogens is 403 g/mol. The normalized spacial score (nSPS) is 10.3. The molecule has 0 saturated carbocycles. The topological polar surface area (TPSA) is 53.4 Å². The van der Waals surface area contributed by atoms with Crippen molar-refractivity contribution < 1.29 is 9.90 Å². The molecule has 0 aliphatic rings. The van der Waals surface area contributed by atoms with Crippen LogP contribution in [0.15, 0.2) is 42.6 Å². The third kappa shape index (κ3) is 5.35. The maximum Gasteiger partial charge on any atom is 0.354 e. The van der Waals surface area contributed by atoms with Crippen molar-refractivity contribution in [1.82, 2.24) is 4.98 Å². The number of aromatic carboxylic acids is 1. The summed E-state index contributed by atoms with van der Waals surface area (Å²) in [4.78, 5) is 17.0. The monoisotopic (exact) mass is 424 g/mol. The van der Waals surface area contributed by atoms with Gasteiger partial charge in [-0.2, -0.15) is 0 Å². The molecule has 0 saturated heterocycles. The number of aromatic nitrogens is 1. The molecule has 0 amide bonds. The van der Waals surface area contributed by atoms with Gasteiger partial charge in [-0.3, -0.25) is 0 Å². The molecule has 0 aliphatic heterocycles. The Kier molecular flexibility index (Phi) is 7.74. The summed E-state index contributed by atoms with van der Waals surface area (Å²) in [6.45, 7) is 6.25. The summed E-state index contributed by atoms with van der Waals surface area (Å²) in [5.41, 5.74) is 3.16. The van der Waals surface area contributed by atoms with Gasteiger partial charge in [-0.05, 0) is 49.2 Å². The smallest absolute Gasteiger partial charge is 0.354 e. The van der Waals surface area contributed by atoms with E-state index in [-0.39, 0.29) is 29.7 Å². The van der Waals surface area contributed by atoms with Crippen molar-refractivity contribution in [2.45, 2.75) is 13.8 Å². The lowest BCUT2D eigenvalue weighted by atomic mass is 10.1. The highest BCUT2D eigenvalue weighted by Gasteiger charge is 2.03. The van der Waals surface area contributed by atoms with E-state index in [0.717, 1.165) is 24.2 Å². The molecular formula is C18H21IN2O2. The lowest BCUT2D eigenvalue weighted by molar-refractivity contribution is 0.0690. The zero-order chi connectivity index (χ0) is 15.9. The van der Waals surface area contributed by atoms with Crippen molar-refractivity contribution in [3.05, 3.63) is 59.4 Å². The number of hydrogen-bond donors (Lipinski definition) is 1. The molecule has 0 unspecified atom stereocenters. The van der Waals surface area contributed by atoms with E-state index in [1.54, 1.807) is 12.1 Å². The van der Waals surface area contributed by atoms with Gasteiger partial charge < -0.3 is 10.0 Å². The molecule has 0 spiro atoms. The first-order valence-electron chi connectivity index (χ1n) is 7.36. The largest absolute Gasteiger partial charge is 0.477 e. The van der Waals surface area contributed by atoms with Gasteiger partial charge in [0.1, 0.15) is 5.69 Å². The van der Waals surface area contributed by atoms with Crippen LogP contribution in [0.25, 0.3) is 12.2 Å². The standard InChI is InChI=1S/C18H20N2O2.HI/c1-3-20(4-2)16-9-7-14(8-10-16)5-6-15-11-12-19-17(13-15)18(21)22;/h5-13H,3-4H2,1-2H3,(H,21,22);1H. The first-order valence-corrected chi connectivity index (χ1v) is 7.36. The molecule has 1 N–H and O–H groups in total. The van der Waals surface area contributed by atoms with E-state index < -0.39 is 5.97 Å². The van der Waals surface area contributed by atoms with E-state index in [9.17, 15) is 4.79 Å². The summed E-state index contributed by atoms with van der Waals surface area (Å²) < 4.78 is 0. The van der Waals surface area contributed by atoms with Crippen molar-refractivity contribution in [3.63, 3.8) is 0 Å². The molecule has 0 radical (unpaired) electrons. The molecule has 1 heterocycles. The maximum absolute atomic E-state index is 10.9. The van der Waals surface area contributed by atoms with Gasteiger partial charge in [-0.25, -0.2) is 9.78 Å². The lowest BCUT2D eigenvalue weighted by Gasteiger charge is -2.20. The minimum atomic E-state index is -1.01. The third-order valence-corrected chi connectivity index (χ3v) is 3.49. The average Bonchev–Trinajstić information content (AvgIpc) is 2.55. The van der Waals surface area contributed by atoms with E-state index in [2.05, 4.69) is 48.0 Å². The highest BCUT2D eigenvalue weighted by Crippen LogP contribution is 2.16. The fourth-order valence-electron chi connectivity index (χ4n) is 2.24. The van der Waals surface area contributed by atoms with Gasteiger partial charge in [0, 0.05) is 25.0 Å². The molecule has 0 atom stereocenters. The molecule has 2 aromatic rings. The van der Waals surface area contributed by atoms with Crippen LogP contribution in [-0.4, -0.2) is 29.1 Å². The van der Waals surface area contributed by atoms with Crippen LogP contribution in [0.5, 0.6) is 0 Å². The molecule has 1 aromatic heterocycles. The Morgan fingerprint density at radius 2 is 1.70 bits per heavy atom. The molecule has 0 fully saturated rings. The second-order valence-electron chi connectivity index (χ2n) is 4.88. The van der Waals surface area contributed by atoms with Crippen molar-refractivity contribution in [3.8, 4) is 0 Å². The number of carbonyl (C=O) groups is 1. The molecule has 4 nitrogen and oxygen atoms in total. The number of hydrogen-bond acceptors (Lipinski definition) is 3. The highest BCUT2D eigenvalue weighted by molar-refractivity contribution is 14.0. The van der Waals surface area contributed by atoms with Gasteiger partial charge in [-0.1, -0.05) is 24.3 Å². The van der Waals surface area contributed by atoms with Crippen LogP contribution in [0.3, 0.4) is 0 Å². The van der Waals surface area contributed by atoms with Crippen LogP contribution in [0.4, 0.5) is 5.69 Å². The van der Waals surface area contributed by atoms with Crippen LogP contribution < -0.4 is 4.90 Å². The van der Waals surface area contributed by atoms with Gasteiger partial charge in [0.15, 0.2) is 0 Å². The Morgan fingerprint density at radius 1 is 1.09 bits per heavy atom. The molecule has 23 heavy (non-hydrogen) atoms. The summed E-state index contributed by atoms with van der Waals surface area (Å²) >= 11 is 0. The minimum Gasteiger partial charge on any atom is -0.477 e. The number of carboxylic acid groups (broad SMARTS) is 1. The predicted octanol–water partition coefficient (Wildman–Crippen LogP) is 4.41. The summed E-state index contributed by atoms with van der Waals surface area (Å²) in [5, 5.41) is 8.93. The number of nitrogens with zero attached hydrogens (tertiary/aromatic N) is 2. The van der Waals surface area contributed by atoms with E-state index in [4.69, 9.17) is 5.11 Å². The SMILES string of the molecule is CCN(CC)c1ccc(C=Cc2ccnc(C(=O)O)c2)cc1.I. The van der Waals surface area contributed by atoms with Gasteiger partial charge in [0.05, 0.1) is 0 Å². The average molecular weight is 424 g/mol. The number of anilines is 1. The van der Waals surface area contributed by atoms with Gasteiger partial charge in [0.2, 0.25) is 0 Å². The summed E-state index contributed by atoms with van der Waals surface area (Å²) in [6, 6.07) is 11.7. The van der Waals surface area contributed by atoms with E-state index in [1.807, 2.05) is 12.2 Å². The molecule has 2 rings (SSSR count). The zero-order valence-electron chi connectivity index (χ0n) is 13.3.